The molecule has 0 aliphatic carbocycles. The molecule has 0 spiro atoms. The van der Waals surface area contributed by atoms with E-state index in [1.54, 1.807) is 18.2 Å². The molecule has 2 aromatic carbocycles. The van der Waals surface area contributed by atoms with Crippen LogP contribution in [0.5, 0.6) is 5.75 Å². The number of para-hydroxylation sites is 1. The first-order chi connectivity index (χ1) is 10.4. The van der Waals surface area contributed by atoms with Crippen LogP contribution in [0.15, 0.2) is 53.4 Å². The number of halogens is 1. The van der Waals surface area contributed by atoms with Gasteiger partial charge in [0.05, 0.1) is 16.6 Å². The molecule has 22 heavy (non-hydrogen) atoms. The summed E-state index contributed by atoms with van der Waals surface area (Å²) in [5, 5.41) is 10.9. The molecule has 0 radical (unpaired) electrons. The Bertz CT molecular complexity index is 769. The van der Waals surface area contributed by atoms with Gasteiger partial charge in [-0.15, -0.1) is 0 Å². The van der Waals surface area contributed by atoms with E-state index in [4.69, 9.17) is 16.3 Å². The van der Waals surface area contributed by atoms with Crippen molar-refractivity contribution in [3.8, 4) is 5.75 Å². The zero-order chi connectivity index (χ0) is 16.2. The number of ether oxygens (including phenoxy) is 1. The lowest BCUT2D eigenvalue weighted by Gasteiger charge is -2.12. The lowest BCUT2D eigenvalue weighted by Crippen LogP contribution is -2.29. The predicted octanol–water partition coefficient (Wildman–Crippen LogP) is 1.44. The molecule has 0 N–H and O–H groups in total. The van der Waals surface area contributed by atoms with Gasteiger partial charge in [0.25, 0.3) is 0 Å². The molecule has 2 aromatic rings. The van der Waals surface area contributed by atoms with Gasteiger partial charge in [0.1, 0.15) is 12.4 Å². The summed E-state index contributed by atoms with van der Waals surface area (Å²) >= 11 is 5.74. The van der Waals surface area contributed by atoms with Gasteiger partial charge >= 0.3 is 0 Å². The van der Waals surface area contributed by atoms with Crippen molar-refractivity contribution in [1.29, 1.82) is 0 Å². The van der Waals surface area contributed by atoms with Crippen LogP contribution in [0.2, 0.25) is 5.02 Å². The maximum absolute atomic E-state index is 12.4. The second-order valence-electron chi connectivity index (χ2n) is 4.48. The van der Waals surface area contributed by atoms with E-state index >= 15 is 0 Å². The molecule has 0 heterocycles. The Morgan fingerprint density at radius 1 is 1.09 bits per heavy atom. The van der Waals surface area contributed by atoms with Crippen LogP contribution in [-0.2, 0) is 20.4 Å². The summed E-state index contributed by atoms with van der Waals surface area (Å²) in [7, 11) is -3.59. The minimum Gasteiger partial charge on any atom is -0.546 e. The highest BCUT2D eigenvalue weighted by Gasteiger charge is 2.17. The van der Waals surface area contributed by atoms with Crippen LogP contribution in [-0.4, -0.2) is 21.0 Å². The van der Waals surface area contributed by atoms with Crippen molar-refractivity contribution in [3.05, 3.63) is 59.1 Å². The Morgan fingerprint density at radius 3 is 2.36 bits per heavy atom. The highest BCUT2D eigenvalue weighted by molar-refractivity contribution is 7.90. The molecule has 0 amide bonds. The molecular weight excluding hydrogens is 328 g/mol. The lowest BCUT2D eigenvalue weighted by molar-refractivity contribution is -0.307. The van der Waals surface area contributed by atoms with Gasteiger partial charge in [-0.05, 0) is 30.3 Å². The number of aliphatic carboxylic acids is 1. The smallest absolute Gasteiger partial charge is 0.182 e. The fraction of sp³-hybridized carbons (Fsp3) is 0.133. The highest BCUT2D eigenvalue weighted by Crippen LogP contribution is 2.24. The van der Waals surface area contributed by atoms with Gasteiger partial charge in [-0.25, -0.2) is 8.42 Å². The quantitative estimate of drug-likeness (QED) is 0.795. The van der Waals surface area contributed by atoms with Crippen molar-refractivity contribution in [3.63, 3.8) is 0 Å². The van der Waals surface area contributed by atoms with Crippen LogP contribution < -0.4 is 9.84 Å². The molecule has 2 rings (SSSR count). The van der Waals surface area contributed by atoms with E-state index < -0.39 is 22.4 Å². The van der Waals surface area contributed by atoms with E-state index in [9.17, 15) is 18.3 Å². The molecule has 5 nitrogen and oxygen atoms in total. The normalized spacial score (nSPS) is 11.1. The number of carbonyl (C=O) groups excluding carboxylic acids is 1. The minimum atomic E-state index is -3.59. The summed E-state index contributed by atoms with van der Waals surface area (Å²) in [6.45, 7) is -0.641. The molecular formula is C15H12ClO5S-. The summed E-state index contributed by atoms with van der Waals surface area (Å²) in [6, 6.07) is 12.2. The standard InChI is InChI=1S/C15H13ClO5S/c16-12-5-7-13(8-6-12)22(19,20)10-11-3-1-2-4-14(11)21-9-15(17)18/h1-8H,9-10H2,(H,17,18)/p-1. The van der Waals surface area contributed by atoms with Crippen LogP contribution in [0.3, 0.4) is 0 Å². The maximum atomic E-state index is 12.4. The number of hydrogen-bond donors (Lipinski definition) is 0. The number of carboxylic acid groups (broad SMARTS) is 1. The Morgan fingerprint density at radius 2 is 1.73 bits per heavy atom. The molecule has 0 saturated heterocycles. The van der Waals surface area contributed by atoms with Crippen molar-refractivity contribution in [2.45, 2.75) is 10.6 Å². The van der Waals surface area contributed by atoms with E-state index in [1.165, 1.54) is 30.3 Å². The summed E-state index contributed by atoms with van der Waals surface area (Å²) in [5.41, 5.74) is 0.374. The number of sulfone groups is 1. The first-order valence-corrected chi connectivity index (χ1v) is 8.30. The molecule has 116 valence electrons. The maximum Gasteiger partial charge on any atom is 0.182 e. The average molecular weight is 340 g/mol. The monoisotopic (exact) mass is 339 g/mol. The van der Waals surface area contributed by atoms with Gasteiger partial charge in [-0.3, -0.25) is 0 Å². The summed E-state index contributed by atoms with van der Waals surface area (Å²) < 4.78 is 29.8. The van der Waals surface area contributed by atoms with E-state index in [1.807, 2.05) is 0 Å². The molecule has 0 aromatic heterocycles. The fourth-order valence-corrected chi connectivity index (χ4v) is 3.32. The van der Waals surface area contributed by atoms with Gasteiger partial charge in [0, 0.05) is 10.6 Å². The molecule has 7 heteroatoms. The van der Waals surface area contributed by atoms with E-state index in [-0.39, 0.29) is 16.4 Å². The molecule has 0 aliphatic heterocycles. The van der Waals surface area contributed by atoms with Crippen LogP contribution >= 0.6 is 11.6 Å². The topological polar surface area (TPSA) is 83.5 Å². The lowest BCUT2D eigenvalue weighted by atomic mass is 10.2. The third kappa shape index (κ3) is 4.22. The Balaban J connectivity index is 2.26. The molecule has 0 fully saturated rings. The van der Waals surface area contributed by atoms with Gasteiger partial charge < -0.3 is 14.6 Å². The van der Waals surface area contributed by atoms with Crippen LogP contribution in [0.1, 0.15) is 5.56 Å². The molecule has 0 saturated carbocycles. The minimum absolute atomic E-state index is 0.131. The first kappa shape index (κ1) is 16.3. The van der Waals surface area contributed by atoms with Gasteiger partial charge in [-0.1, -0.05) is 29.8 Å². The molecule has 0 unspecified atom stereocenters. The second kappa shape index (κ2) is 6.81. The Kier molecular flexibility index (Phi) is 5.05. The molecule has 0 aliphatic rings. The van der Waals surface area contributed by atoms with Crippen molar-refractivity contribution in [1.82, 2.24) is 0 Å². The predicted molar refractivity (Wildman–Crippen MR) is 79.3 cm³/mol. The van der Waals surface area contributed by atoms with Gasteiger partial charge in [0.15, 0.2) is 9.84 Å². The first-order valence-electron chi connectivity index (χ1n) is 6.27. The van der Waals surface area contributed by atoms with E-state index in [2.05, 4.69) is 0 Å². The highest BCUT2D eigenvalue weighted by atomic mass is 35.5. The van der Waals surface area contributed by atoms with Crippen molar-refractivity contribution < 1.29 is 23.1 Å². The fourth-order valence-electron chi connectivity index (χ4n) is 1.83. The Labute approximate surface area is 133 Å². The largest absolute Gasteiger partial charge is 0.546 e. The van der Waals surface area contributed by atoms with Crippen molar-refractivity contribution in [2.24, 2.45) is 0 Å². The SMILES string of the molecule is O=C([O-])COc1ccccc1CS(=O)(=O)c1ccc(Cl)cc1. The van der Waals surface area contributed by atoms with Gasteiger partial charge in [-0.2, -0.15) is 0 Å². The van der Waals surface area contributed by atoms with E-state index in [0.717, 1.165) is 0 Å². The average Bonchev–Trinajstić information content (AvgIpc) is 2.46. The number of carbonyl (C=O) groups is 1. The summed E-state index contributed by atoms with van der Waals surface area (Å²) in [4.78, 5) is 10.6. The molecule has 0 atom stereocenters. The zero-order valence-electron chi connectivity index (χ0n) is 11.4. The van der Waals surface area contributed by atoms with Crippen LogP contribution in [0.25, 0.3) is 0 Å². The van der Waals surface area contributed by atoms with Gasteiger partial charge in [0.2, 0.25) is 0 Å². The summed E-state index contributed by atoms with van der Waals surface area (Å²) in [6.07, 6.45) is 0. The van der Waals surface area contributed by atoms with E-state index in [0.29, 0.717) is 10.6 Å². The second-order valence-corrected chi connectivity index (χ2v) is 6.91. The Hall–Kier alpha value is -2.05. The number of hydrogen-bond acceptors (Lipinski definition) is 5. The number of benzene rings is 2. The zero-order valence-corrected chi connectivity index (χ0v) is 12.9. The molecule has 0 bridgehead atoms. The van der Waals surface area contributed by atoms with Crippen LogP contribution in [0, 0.1) is 0 Å². The number of carboxylic acids is 1. The third-order valence-electron chi connectivity index (χ3n) is 2.84. The third-order valence-corrected chi connectivity index (χ3v) is 4.77. The number of rotatable bonds is 6. The van der Waals surface area contributed by atoms with Crippen LogP contribution in [0.4, 0.5) is 0 Å². The summed E-state index contributed by atoms with van der Waals surface area (Å²) in [5.74, 6) is -1.49. The van der Waals surface area contributed by atoms with Crippen molar-refractivity contribution >= 4 is 27.4 Å². The van der Waals surface area contributed by atoms with Crippen molar-refractivity contribution in [2.75, 3.05) is 6.61 Å².